The lowest BCUT2D eigenvalue weighted by Crippen LogP contribution is -2.15. The summed E-state index contributed by atoms with van der Waals surface area (Å²) in [6, 6.07) is 9.98. The molecule has 0 amide bonds. The third-order valence-corrected chi connectivity index (χ3v) is 4.44. The molecule has 0 radical (unpaired) electrons. The highest BCUT2D eigenvalue weighted by atomic mass is 32.2. The Morgan fingerprint density at radius 3 is 2.19 bits per heavy atom. The Labute approximate surface area is 124 Å². The Morgan fingerprint density at radius 1 is 1.05 bits per heavy atom. The number of methoxy groups -OCH3 is 1. The van der Waals surface area contributed by atoms with Crippen molar-refractivity contribution in [3.8, 4) is 5.75 Å². The fourth-order valence-corrected chi connectivity index (χ4v) is 3.30. The van der Waals surface area contributed by atoms with E-state index in [1.807, 2.05) is 19.9 Å². The van der Waals surface area contributed by atoms with Gasteiger partial charge in [0, 0.05) is 11.8 Å². The lowest BCUT2D eigenvalue weighted by molar-refractivity contribution is 0.414. The zero-order valence-electron chi connectivity index (χ0n) is 12.2. The topological polar surface area (TPSA) is 81.4 Å². The highest BCUT2D eigenvalue weighted by molar-refractivity contribution is 7.92. The predicted molar refractivity (Wildman–Crippen MR) is 84.1 cm³/mol. The molecule has 0 saturated carbocycles. The first kappa shape index (κ1) is 15.2. The Morgan fingerprint density at radius 2 is 1.67 bits per heavy atom. The van der Waals surface area contributed by atoms with E-state index in [-0.39, 0.29) is 10.6 Å². The maximum Gasteiger partial charge on any atom is 0.263 e. The fraction of sp³-hybridized carbons (Fsp3) is 0.200. The van der Waals surface area contributed by atoms with Gasteiger partial charge < -0.3 is 10.5 Å². The summed E-state index contributed by atoms with van der Waals surface area (Å²) >= 11 is 0. The van der Waals surface area contributed by atoms with Crippen LogP contribution in [0.3, 0.4) is 0 Å². The molecule has 6 heteroatoms. The van der Waals surface area contributed by atoms with Crippen molar-refractivity contribution in [3.63, 3.8) is 0 Å². The van der Waals surface area contributed by atoms with E-state index in [2.05, 4.69) is 4.72 Å². The van der Waals surface area contributed by atoms with Crippen molar-refractivity contribution >= 4 is 21.4 Å². The molecular weight excluding hydrogens is 288 g/mol. The number of sulfonamides is 1. The third kappa shape index (κ3) is 3.46. The van der Waals surface area contributed by atoms with Crippen LogP contribution in [0.15, 0.2) is 41.3 Å². The summed E-state index contributed by atoms with van der Waals surface area (Å²) in [5, 5.41) is 0. The number of nitrogens with two attached hydrogens (primary N) is 1. The first-order chi connectivity index (χ1) is 9.81. The molecule has 0 spiro atoms. The van der Waals surface area contributed by atoms with Gasteiger partial charge in [-0.05, 0) is 49.2 Å². The van der Waals surface area contributed by atoms with Crippen molar-refractivity contribution in [2.45, 2.75) is 18.7 Å². The van der Waals surface area contributed by atoms with E-state index in [0.29, 0.717) is 11.4 Å². The summed E-state index contributed by atoms with van der Waals surface area (Å²) in [7, 11) is -2.24. The van der Waals surface area contributed by atoms with E-state index in [9.17, 15) is 8.42 Å². The second-order valence-electron chi connectivity index (χ2n) is 4.89. The van der Waals surface area contributed by atoms with Gasteiger partial charge in [0.15, 0.2) is 0 Å². The largest absolute Gasteiger partial charge is 0.497 e. The Balaban J connectivity index is 2.38. The van der Waals surface area contributed by atoms with Crippen molar-refractivity contribution in [1.82, 2.24) is 0 Å². The van der Waals surface area contributed by atoms with Crippen molar-refractivity contribution in [3.05, 3.63) is 47.5 Å². The quantitative estimate of drug-likeness (QED) is 0.851. The smallest absolute Gasteiger partial charge is 0.263 e. The van der Waals surface area contributed by atoms with Crippen molar-refractivity contribution < 1.29 is 13.2 Å². The van der Waals surface area contributed by atoms with Gasteiger partial charge in [-0.2, -0.15) is 0 Å². The fourth-order valence-electron chi connectivity index (χ4n) is 2.14. The molecule has 0 unspecified atom stereocenters. The standard InChI is InChI=1S/C15H18N2O3S/c1-10-6-11(2)8-12(7-10)17-21(18,19)15-5-4-13(20-3)9-14(15)16/h4-9,17H,16H2,1-3H3. The van der Waals surface area contributed by atoms with Gasteiger partial charge in [0.05, 0.1) is 12.8 Å². The van der Waals surface area contributed by atoms with Crippen LogP contribution in [-0.4, -0.2) is 15.5 Å². The molecule has 2 aromatic carbocycles. The zero-order chi connectivity index (χ0) is 15.6. The molecule has 0 aliphatic rings. The molecule has 0 aliphatic carbocycles. The number of anilines is 2. The first-order valence-corrected chi connectivity index (χ1v) is 7.85. The Kier molecular flexibility index (Phi) is 4.09. The Bertz CT molecular complexity index is 750. The van der Waals surface area contributed by atoms with E-state index < -0.39 is 10.0 Å². The number of hydrogen-bond donors (Lipinski definition) is 2. The van der Waals surface area contributed by atoms with Crippen LogP contribution in [0.2, 0.25) is 0 Å². The zero-order valence-corrected chi connectivity index (χ0v) is 13.0. The third-order valence-electron chi connectivity index (χ3n) is 2.98. The monoisotopic (exact) mass is 306 g/mol. The lowest BCUT2D eigenvalue weighted by Gasteiger charge is -2.12. The van der Waals surface area contributed by atoms with Gasteiger partial charge in [-0.1, -0.05) is 6.07 Å². The maximum atomic E-state index is 12.4. The highest BCUT2D eigenvalue weighted by Crippen LogP contribution is 2.26. The minimum atomic E-state index is -3.73. The van der Waals surface area contributed by atoms with Crippen molar-refractivity contribution in [1.29, 1.82) is 0 Å². The SMILES string of the molecule is COc1ccc(S(=O)(=O)Nc2cc(C)cc(C)c2)c(N)c1. The second-order valence-corrected chi connectivity index (χ2v) is 6.54. The number of rotatable bonds is 4. The van der Waals surface area contributed by atoms with Crippen LogP contribution in [-0.2, 0) is 10.0 Å². The molecule has 0 heterocycles. The number of benzene rings is 2. The molecule has 21 heavy (non-hydrogen) atoms. The van der Waals surface area contributed by atoms with Gasteiger partial charge in [-0.25, -0.2) is 8.42 Å². The molecule has 112 valence electrons. The summed E-state index contributed by atoms with van der Waals surface area (Å²) in [5.74, 6) is 0.512. The van der Waals surface area contributed by atoms with Crippen LogP contribution in [0.25, 0.3) is 0 Å². The van der Waals surface area contributed by atoms with Crippen LogP contribution >= 0.6 is 0 Å². The van der Waals surface area contributed by atoms with Gasteiger partial charge in [-0.15, -0.1) is 0 Å². The second kappa shape index (κ2) is 5.65. The number of ether oxygens (including phenoxy) is 1. The van der Waals surface area contributed by atoms with E-state index in [0.717, 1.165) is 11.1 Å². The molecule has 2 rings (SSSR count). The average Bonchev–Trinajstić information content (AvgIpc) is 2.36. The summed E-state index contributed by atoms with van der Waals surface area (Å²) in [4.78, 5) is 0.0301. The van der Waals surface area contributed by atoms with Gasteiger partial charge in [0.25, 0.3) is 10.0 Å². The molecule has 2 aromatic rings. The van der Waals surface area contributed by atoms with Crippen molar-refractivity contribution in [2.24, 2.45) is 0 Å². The highest BCUT2D eigenvalue weighted by Gasteiger charge is 2.18. The molecule has 0 saturated heterocycles. The molecule has 0 bridgehead atoms. The molecule has 5 nitrogen and oxygen atoms in total. The van der Waals surface area contributed by atoms with Crippen LogP contribution in [0.5, 0.6) is 5.75 Å². The number of nitrogen functional groups attached to an aromatic ring is 1. The van der Waals surface area contributed by atoms with Gasteiger partial charge in [-0.3, -0.25) is 4.72 Å². The molecule has 0 aromatic heterocycles. The number of hydrogen-bond acceptors (Lipinski definition) is 4. The Hall–Kier alpha value is -2.21. The van der Waals surface area contributed by atoms with E-state index in [1.54, 1.807) is 18.2 Å². The molecule has 0 aliphatic heterocycles. The molecule has 3 N–H and O–H groups in total. The number of nitrogens with one attached hydrogen (secondary N) is 1. The van der Waals surface area contributed by atoms with E-state index in [1.165, 1.54) is 19.2 Å². The summed E-state index contributed by atoms with van der Waals surface area (Å²) in [5.41, 5.74) is 8.42. The normalized spacial score (nSPS) is 11.2. The molecule has 0 atom stereocenters. The maximum absolute atomic E-state index is 12.4. The summed E-state index contributed by atoms with van der Waals surface area (Å²) in [6.07, 6.45) is 0. The minimum absolute atomic E-state index is 0.0301. The first-order valence-electron chi connectivity index (χ1n) is 6.36. The summed E-state index contributed by atoms with van der Waals surface area (Å²) < 4.78 is 32.4. The van der Waals surface area contributed by atoms with Crippen molar-refractivity contribution in [2.75, 3.05) is 17.6 Å². The molecule has 0 fully saturated rings. The van der Waals surface area contributed by atoms with E-state index in [4.69, 9.17) is 10.5 Å². The minimum Gasteiger partial charge on any atom is -0.497 e. The lowest BCUT2D eigenvalue weighted by atomic mass is 10.1. The predicted octanol–water partition coefficient (Wildman–Crippen LogP) is 2.70. The van der Waals surface area contributed by atoms with Gasteiger partial charge >= 0.3 is 0 Å². The summed E-state index contributed by atoms with van der Waals surface area (Å²) in [6.45, 7) is 3.82. The molecular formula is C15H18N2O3S. The van der Waals surface area contributed by atoms with E-state index >= 15 is 0 Å². The number of aryl methyl sites for hydroxylation is 2. The average molecular weight is 306 g/mol. The van der Waals surface area contributed by atoms with Gasteiger partial charge in [0.1, 0.15) is 10.6 Å². The van der Waals surface area contributed by atoms with Crippen LogP contribution in [0, 0.1) is 13.8 Å². The van der Waals surface area contributed by atoms with Crippen LogP contribution in [0.1, 0.15) is 11.1 Å². The van der Waals surface area contributed by atoms with Crippen LogP contribution in [0.4, 0.5) is 11.4 Å². The van der Waals surface area contributed by atoms with Gasteiger partial charge in [0.2, 0.25) is 0 Å². The van der Waals surface area contributed by atoms with Crippen LogP contribution < -0.4 is 15.2 Å².